The smallest absolute Gasteiger partial charge is 0.262 e. The summed E-state index contributed by atoms with van der Waals surface area (Å²) in [4.78, 5) is 20.7. The van der Waals surface area contributed by atoms with Gasteiger partial charge in [-0.2, -0.15) is 0 Å². The predicted molar refractivity (Wildman–Crippen MR) is 120 cm³/mol. The summed E-state index contributed by atoms with van der Waals surface area (Å²) in [5.41, 5.74) is 2.87. The summed E-state index contributed by atoms with van der Waals surface area (Å²) in [6.07, 6.45) is 4.70. The fourth-order valence-corrected chi connectivity index (χ4v) is 5.71. The molecule has 0 radical (unpaired) electrons. The van der Waals surface area contributed by atoms with E-state index in [1.54, 1.807) is 22.0 Å². The molecule has 0 spiro atoms. The van der Waals surface area contributed by atoms with Crippen molar-refractivity contribution in [1.29, 1.82) is 0 Å². The first kappa shape index (κ1) is 19.5. The molecular weight excluding hydrogens is 419 g/mol. The fourth-order valence-electron chi connectivity index (χ4n) is 4.23. The van der Waals surface area contributed by atoms with Gasteiger partial charge < -0.3 is 0 Å². The molecule has 2 heterocycles. The van der Waals surface area contributed by atoms with Crippen LogP contribution >= 0.6 is 22.9 Å². The van der Waals surface area contributed by atoms with Crippen molar-refractivity contribution in [2.24, 2.45) is 0 Å². The second kappa shape index (κ2) is 7.97. The third kappa shape index (κ3) is 3.68. The first-order valence-electron chi connectivity index (χ1n) is 10.1. The molecule has 1 aliphatic carbocycles. The van der Waals surface area contributed by atoms with Gasteiger partial charge in [0, 0.05) is 16.3 Å². The van der Waals surface area contributed by atoms with E-state index in [-0.39, 0.29) is 11.4 Å². The second-order valence-corrected chi connectivity index (χ2v) is 9.27. The summed E-state index contributed by atoms with van der Waals surface area (Å²) < 4.78 is 15.5. The maximum atomic E-state index is 13.8. The number of rotatable bonds is 4. The zero-order chi connectivity index (χ0) is 20.7. The third-order valence-electron chi connectivity index (χ3n) is 5.63. The van der Waals surface area contributed by atoms with Crippen LogP contribution in [-0.4, -0.2) is 9.55 Å². The van der Waals surface area contributed by atoms with Gasteiger partial charge in [-0.3, -0.25) is 9.36 Å². The lowest BCUT2D eigenvalue weighted by molar-refractivity contribution is 0.620. The first-order valence-corrected chi connectivity index (χ1v) is 11.3. The normalized spacial score (nSPS) is 13.5. The number of hydrogen-bond donors (Lipinski definition) is 0. The van der Waals surface area contributed by atoms with Gasteiger partial charge in [-0.15, -0.1) is 11.3 Å². The first-order chi connectivity index (χ1) is 14.6. The van der Waals surface area contributed by atoms with E-state index >= 15 is 0 Å². The highest BCUT2D eigenvalue weighted by Crippen LogP contribution is 2.34. The zero-order valence-electron chi connectivity index (χ0n) is 16.3. The molecule has 152 valence electrons. The quantitative estimate of drug-likeness (QED) is 0.405. The van der Waals surface area contributed by atoms with Crippen molar-refractivity contribution in [2.45, 2.75) is 38.6 Å². The molecule has 0 saturated carbocycles. The second-order valence-electron chi connectivity index (χ2n) is 7.75. The van der Waals surface area contributed by atoms with Crippen LogP contribution in [0.4, 0.5) is 4.39 Å². The van der Waals surface area contributed by atoms with E-state index in [0.717, 1.165) is 47.0 Å². The van der Waals surface area contributed by atoms with Gasteiger partial charge in [-0.05, 0) is 66.6 Å². The van der Waals surface area contributed by atoms with E-state index in [2.05, 4.69) is 0 Å². The maximum absolute atomic E-state index is 13.8. The van der Waals surface area contributed by atoms with E-state index in [0.29, 0.717) is 23.8 Å². The van der Waals surface area contributed by atoms with Crippen LogP contribution < -0.4 is 5.56 Å². The average Bonchev–Trinajstić information content (AvgIpc) is 3.09. The lowest BCUT2D eigenvalue weighted by Gasteiger charge is -2.14. The zero-order valence-corrected chi connectivity index (χ0v) is 17.9. The lowest BCUT2D eigenvalue weighted by atomic mass is 9.97. The summed E-state index contributed by atoms with van der Waals surface area (Å²) in [6, 6.07) is 14.0. The average molecular weight is 439 g/mol. The van der Waals surface area contributed by atoms with Gasteiger partial charge in [-0.25, -0.2) is 9.37 Å². The molecule has 0 unspecified atom stereocenters. The van der Waals surface area contributed by atoms with Gasteiger partial charge in [-0.1, -0.05) is 35.9 Å². The molecule has 2 aromatic carbocycles. The van der Waals surface area contributed by atoms with Crippen LogP contribution in [0.3, 0.4) is 0 Å². The van der Waals surface area contributed by atoms with Crippen LogP contribution in [-0.2, 0) is 25.8 Å². The number of fused-ring (bicyclic) bond motifs is 3. The van der Waals surface area contributed by atoms with Gasteiger partial charge in [0.2, 0.25) is 0 Å². The summed E-state index contributed by atoms with van der Waals surface area (Å²) in [7, 11) is 0. The Labute approximate surface area is 182 Å². The third-order valence-corrected chi connectivity index (χ3v) is 7.06. The van der Waals surface area contributed by atoms with Gasteiger partial charge in [0.1, 0.15) is 16.5 Å². The summed E-state index contributed by atoms with van der Waals surface area (Å²) in [5, 5.41) is 1.40. The number of thiophene rings is 1. The van der Waals surface area contributed by atoms with Crippen LogP contribution in [0.5, 0.6) is 0 Å². The molecule has 0 amide bonds. The molecule has 0 aliphatic heterocycles. The number of nitrogens with zero attached hydrogens (tertiary/aromatic N) is 2. The Morgan fingerprint density at radius 3 is 2.70 bits per heavy atom. The Balaban J connectivity index is 1.68. The number of halogens is 2. The van der Waals surface area contributed by atoms with Crippen molar-refractivity contribution in [2.75, 3.05) is 0 Å². The van der Waals surface area contributed by atoms with Crippen molar-refractivity contribution in [1.82, 2.24) is 9.55 Å². The summed E-state index contributed by atoms with van der Waals surface area (Å²) in [6.45, 7) is 0.292. The largest absolute Gasteiger partial charge is 0.291 e. The summed E-state index contributed by atoms with van der Waals surface area (Å²) in [5.74, 6) is 0.372. The molecule has 30 heavy (non-hydrogen) atoms. The molecular formula is C24H20ClFN2OS. The van der Waals surface area contributed by atoms with Crippen molar-refractivity contribution in [3.8, 4) is 0 Å². The van der Waals surface area contributed by atoms with Crippen LogP contribution in [0.2, 0.25) is 5.02 Å². The number of aromatic nitrogens is 2. The predicted octanol–water partition coefficient (Wildman–Crippen LogP) is 5.77. The molecule has 4 aromatic rings. The van der Waals surface area contributed by atoms with E-state index < -0.39 is 0 Å². The Bertz CT molecular complexity index is 1310. The maximum Gasteiger partial charge on any atom is 0.262 e. The number of aryl methyl sites for hydroxylation is 2. The molecule has 5 rings (SSSR count). The van der Waals surface area contributed by atoms with Gasteiger partial charge in [0.05, 0.1) is 11.9 Å². The molecule has 1 aliphatic rings. The molecule has 6 heteroatoms. The minimum Gasteiger partial charge on any atom is -0.291 e. The van der Waals surface area contributed by atoms with Gasteiger partial charge in [0.15, 0.2) is 0 Å². The van der Waals surface area contributed by atoms with Crippen molar-refractivity contribution in [3.05, 3.63) is 97.1 Å². The van der Waals surface area contributed by atoms with Crippen LogP contribution in [0, 0.1) is 5.82 Å². The molecule has 2 aromatic heterocycles. The van der Waals surface area contributed by atoms with Crippen molar-refractivity contribution >= 4 is 33.2 Å². The van der Waals surface area contributed by atoms with E-state index in [4.69, 9.17) is 16.6 Å². The fraction of sp³-hybridized carbons (Fsp3) is 0.250. The molecule has 3 nitrogen and oxygen atoms in total. The highest BCUT2D eigenvalue weighted by atomic mass is 35.5. The molecule has 0 saturated heterocycles. The minimum atomic E-state index is -0.307. The number of hydrogen-bond acceptors (Lipinski definition) is 3. The van der Waals surface area contributed by atoms with Crippen molar-refractivity contribution in [3.63, 3.8) is 0 Å². The van der Waals surface area contributed by atoms with Crippen molar-refractivity contribution < 1.29 is 4.39 Å². The summed E-state index contributed by atoms with van der Waals surface area (Å²) >= 11 is 7.81. The Morgan fingerprint density at radius 1 is 1.07 bits per heavy atom. The van der Waals surface area contributed by atoms with E-state index in [1.807, 2.05) is 30.3 Å². The van der Waals surface area contributed by atoms with E-state index in [1.165, 1.54) is 22.6 Å². The molecule has 0 N–H and O–H groups in total. The van der Waals surface area contributed by atoms with E-state index in [9.17, 15) is 9.18 Å². The topological polar surface area (TPSA) is 34.9 Å². The highest BCUT2D eigenvalue weighted by Gasteiger charge is 2.22. The standard InChI is InChI=1S/C24H20ClFN2OS/c25-17-7-3-5-15(11-17)13-21-27-23-22(19-9-1-2-10-20(19)30-23)24(29)28(21)14-16-6-4-8-18(26)12-16/h3-8,11-12H,1-2,9-10,13-14H2. The lowest BCUT2D eigenvalue weighted by Crippen LogP contribution is -2.26. The monoisotopic (exact) mass is 438 g/mol. The van der Waals surface area contributed by atoms with Gasteiger partial charge in [0.25, 0.3) is 5.56 Å². The Hall–Kier alpha value is -2.50. The highest BCUT2D eigenvalue weighted by molar-refractivity contribution is 7.18. The van der Waals surface area contributed by atoms with Crippen LogP contribution in [0.1, 0.15) is 40.2 Å². The molecule has 0 bridgehead atoms. The SMILES string of the molecule is O=c1c2c3c(sc2nc(Cc2cccc(Cl)c2)n1Cc1cccc(F)c1)CCCC3. The Morgan fingerprint density at radius 2 is 1.87 bits per heavy atom. The molecule has 0 fully saturated rings. The Kier molecular flexibility index (Phi) is 5.17. The van der Waals surface area contributed by atoms with Crippen LogP contribution in [0.25, 0.3) is 10.2 Å². The minimum absolute atomic E-state index is 0.0271. The molecule has 0 atom stereocenters. The van der Waals surface area contributed by atoms with Gasteiger partial charge >= 0.3 is 0 Å². The number of benzene rings is 2. The van der Waals surface area contributed by atoms with Crippen LogP contribution in [0.15, 0.2) is 53.3 Å².